The van der Waals surface area contributed by atoms with Crippen molar-refractivity contribution in [2.24, 2.45) is 5.73 Å². The van der Waals surface area contributed by atoms with E-state index in [1.807, 2.05) is 25.1 Å². The van der Waals surface area contributed by atoms with Crippen LogP contribution in [0, 0.1) is 0 Å². The van der Waals surface area contributed by atoms with Gasteiger partial charge in [0.1, 0.15) is 0 Å². The van der Waals surface area contributed by atoms with Crippen molar-refractivity contribution >= 4 is 5.91 Å². The van der Waals surface area contributed by atoms with Crippen LogP contribution < -0.4 is 11.1 Å². The number of rotatable bonds is 5. The maximum absolute atomic E-state index is 11.4. The zero-order valence-electron chi connectivity index (χ0n) is 8.94. The number of aryl methyl sites for hydroxylation is 1. The number of nitrogens with zero attached hydrogens (tertiary/aromatic N) is 1. The maximum atomic E-state index is 11.4. The molecule has 0 aliphatic rings. The molecule has 0 aliphatic heterocycles. The Hall–Kier alpha value is -1.42. The maximum Gasteiger partial charge on any atom is 0.220 e. The molecule has 0 saturated heterocycles. The molecule has 0 unspecified atom stereocenters. The first-order chi connectivity index (χ1) is 7.22. The SMILES string of the molecule is C[C@@H](CN)NC(=O)CCc1ccccn1. The quantitative estimate of drug-likeness (QED) is 0.737. The molecule has 3 N–H and O–H groups in total. The predicted molar refractivity (Wildman–Crippen MR) is 59.2 cm³/mol. The van der Waals surface area contributed by atoms with E-state index in [1.165, 1.54) is 0 Å². The van der Waals surface area contributed by atoms with Crippen LogP contribution in [0.5, 0.6) is 0 Å². The third kappa shape index (κ3) is 4.56. The van der Waals surface area contributed by atoms with Gasteiger partial charge in [-0.05, 0) is 25.5 Å². The summed E-state index contributed by atoms with van der Waals surface area (Å²) in [5.41, 5.74) is 6.34. The highest BCUT2D eigenvalue weighted by Gasteiger charge is 2.05. The third-order valence-electron chi connectivity index (χ3n) is 2.10. The Morgan fingerprint density at radius 1 is 1.60 bits per heavy atom. The molecular weight excluding hydrogens is 190 g/mol. The summed E-state index contributed by atoms with van der Waals surface area (Å²) in [7, 11) is 0. The van der Waals surface area contributed by atoms with Crippen molar-refractivity contribution in [3.63, 3.8) is 0 Å². The van der Waals surface area contributed by atoms with Gasteiger partial charge in [0.25, 0.3) is 0 Å². The van der Waals surface area contributed by atoms with Gasteiger partial charge in [0.15, 0.2) is 0 Å². The molecule has 0 spiro atoms. The molecule has 0 saturated carbocycles. The lowest BCUT2D eigenvalue weighted by atomic mass is 10.2. The Balaban J connectivity index is 2.29. The lowest BCUT2D eigenvalue weighted by molar-refractivity contribution is -0.121. The Morgan fingerprint density at radius 2 is 2.40 bits per heavy atom. The monoisotopic (exact) mass is 207 g/mol. The summed E-state index contributed by atoms with van der Waals surface area (Å²) in [5, 5.41) is 2.81. The average molecular weight is 207 g/mol. The first-order valence-corrected chi connectivity index (χ1v) is 5.11. The van der Waals surface area contributed by atoms with Crippen LogP contribution >= 0.6 is 0 Å². The molecule has 1 heterocycles. The van der Waals surface area contributed by atoms with E-state index in [4.69, 9.17) is 5.73 Å². The van der Waals surface area contributed by atoms with Gasteiger partial charge in [-0.1, -0.05) is 6.07 Å². The molecule has 1 aromatic rings. The predicted octanol–water partition coefficient (Wildman–Crippen LogP) is 0.478. The van der Waals surface area contributed by atoms with Gasteiger partial charge < -0.3 is 11.1 Å². The highest BCUT2D eigenvalue weighted by Crippen LogP contribution is 1.98. The summed E-state index contributed by atoms with van der Waals surface area (Å²) in [4.78, 5) is 15.5. The van der Waals surface area contributed by atoms with Crippen LogP contribution in [0.15, 0.2) is 24.4 Å². The minimum atomic E-state index is 0.0265. The van der Waals surface area contributed by atoms with E-state index in [9.17, 15) is 4.79 Å². The molecule has 0 fully saturated rings. The summed E-state index contributed by atoms with van der Waals surface area (Å²) in [6.45, 7) is 2.36. The summed E-state index contributed by atoms with van der Waals surface area (Å²) in [6.07, 6.45) is 2.86. The zero-order chi connectivity index (χ0) is 11.1. The molecule has 15 heavy (non-hydrogen) atoms. The number of amides is 1. The van der Waals surface area contributed by atoms with Gasteiger partial charge >= 0.3 is 0 Å². The van der Waals surface area contributed by atoms with Crippen molar-refractivity contribution in [1.82, 2.24) is 10.3 Å². The lowest BCUT2D eigenvalue weighted by Gasteiger charge is -2.10. The minimum absolute atomic E-state index is 0.0265. The largest absolute Gasteiger partial charge is 0.352 e. The fraction of sp³-hybridized carbons (Fsp3) is 0.455. The number of aromatic nitrogens is 1. The summed E-state index contributed by atoms with van der Waals surface area (Å²) < 4.78 is 0. The molecule has 0 bridgehead atoms. The van der Waals surface area contributed by atoms with E-state index >= 15 is 0 Å². The first kappa shape index (κ1) is 11.7. The van der Waals surface area contributed by atoms with Crippen molar-refractivity contribution in [3.05, 3.63) is 30.1 Å². The average Bonchev–Trinajstić information content (AvgIpc) is 2.27. The molecule has 1 aromatic heterocycles. The molecule has 0 radical (unpaired) electrons. The number of pyridine rings is 1. The van der Waals surface area contributed by atoms with Crippen LogP contribution in [0.25, 0.3) is 0 Å². The third-order valence-corrected chi connectivity index (χ3v) is 2.10. The number of carbonyl (C=O) groups is 1. The van der Waals surface area contributed by atoms with E-state index in [2.05, 4.69) is 10.3 Å². The summed E-state index contributed by atoms with van der Waals surface area (Å²) in [6, 6.07) is 5.74. The fourth-order valence-corrected chi connectivity index (χ4v) is 1.19. The van der Waals surface area contributed by atoms with Crippen LogP contribution in [0.3, 0.4) is 0 Å². The van der Waals surface area contributed by atoms with Gasteiger partial charge in [0, 0.05) is 30.9 Å². The highest BCUT2D eigenvalue weighted by atomic mass is 16.1. The van der Waals surface area contributed by atoms with E-state index in [1.54, 1.807) is 6.20 Å². The summed E-state index contributed by atoms with van der Waals surface area (Å²) >= 11 is 0. The van der Waals surface area contributed by atoms with E-state index < -0.39 is 0 Å². The smallest absolute Gasteiger partial charge is 0.220 e. The van der Waals surface area contributed by atoms with Crippen molar-refractivity contribution in [1.29, 1.82) is 0 Å². The molecule has 0 aliphatic carbocycles. The Bertz CT molecular complexity index is 300. The summed E-state index contributed by atoms with van der Waals surface area (Å²) in [5.74, 6) is 0.0265. The normalized spacial score (nSPS) is 12.1. The van der Waals surface area contributed by atoms with Gasteiger partial charge in [0.2, 0.25) is 5.91 Å². The fourth-order valence-electron chi connectivity index (χ4n) is 1.19. The van der Waals surface area contributed by atoms with E-state index in [0.29, 0.717) is 19.4 Å². The number of nitrogens with one attached hydrogen (secondary N) is 1. The molecule has 0 aromatic carbocycles. The van der Waals surface area contributed by atoms with Crippen LogP contribution in [0.2, 0.25) is 0 Å². The Kier molecular flexibility index (Phi) is 4.77. The van der Waals surface area contributed by atoms with Gasteiger partial charge in [0.05, 0.1) is 0 Å². The second-order valence-electron chi connectivity index (χ2n) is 3.53. The highest BCUT2D eigenvalue weighted by molar-refractivity contribution is 5.76. The van der Waals surface area contributed by atoms with Crippen LogP contribution in [0.4, 0.5) is 0 Å². The second-order valence-corrected chi connectivity index (χ2v) is 3.53. The molecular formula is C11H17N3O. The van der Waals surface area contributed by atoms with Crippen LogP contribution in [0.1, 0.15) is 19.0 Å². The molecule has 1 atom stereocenters. The number of nitrogens with two attached hydrogens (primary N) is 1. The Morgan fingerprint density at radius 3 is 3.00 bits per heavy atom. The molecule has 4 heteroatoms. The van der Waals surface area contributed by atoms with Crippen molar-refractivity contribution in [2.45, 2.75) is 25.8 Å². The zero-order valence-corrected chi connectivity index (χ0v) is 8.94. The van der Waals surface area contributed by atoms with Crippen molar-refractivity contribution in [2.75, 3.05) is 6.54 Å². The van der Waals surface area contributed by atoms with Crippen LogP contribution in [-0.4, -0.2) is 23.5 Å². The van der Waals surface area contributed by atoms with Crippen molar-refractivity contribution < 1.29 is 4.79 Å². The molecule has 1 amide bonds. The first-order valence-electron chi connectivity index (χ1n) is 5.11. The minimum Gasteiger partial charge on any atom is -0.352 e. The van der Waals surface area contributed by atoms with Crippen LogP contribution in [-0.2, 0) is 11.2 Å². The standard InChI is InChI=1S/C11H17N3O/c1-9(8-12)14-11(15)6-5-10-4-2-3-7-13-10/h2-4,7,9H,5-6,8,12H2,1H3,(H,14,15)/t9-/m0/s1. The van der Waals surface area contributed by atoms with Gasteiger partial charge in [-0.25, -0.2) is 0 Å². The van der Waals surface area contributed by atoms with Gasteiger partial charge in [-0.3, -0.25) is 9.78 Å². The van der Waals surface area contributed by atoms with Crippen molar-refractivity contribution in [3.8, 4) is 0 Å². The number of hydrogen-bond donors (Lipinski definition) is 2. The molecule has 1 rings (SSSR count). The topological polar surface area (TPSA) is 68.0 Å². The Labute approximate surface area is 89.9 Å². The van der Waals surface area contributed by atoms with Gasteiger partial charge in [-0.2, -0.15) is 0 Å². The van der Waals surface area contributed by atoms with E-state index in [-0.39, 0.29) is 11.9 Å². The molecule has 82 valence electrons. The second kappa shape index (κ2) is 6.14. The number of carbonyl (C=O) groups excluding carboxylic acids is 1. The lowest BCUT2D eigenvalue weighted by Crippen LogP contribution is -2.37. The molecule has 4 nitrogen and oxygen atoms in total. The number of hydrogen-bond acceptors (Lipinski definition) is 3. The van der Waals surface area contributed by atoms with Gasteiger partial charge in [-0.15, -0.1) is 0 Å². The van der Waals surface area contributed by atoms with E-state index in [0.717, 1.165) is 5.69 Å².